The third-order valence-corrected chi connectivity index (χ3v) is 6.80. The second kappa shape index (κ2) is 9.26. The number of likely N-dealkylation sites (N-methyl/N-ethyl adjacent to an activating group) is 1. The van der Waals surface area contributed by atoms with Crippen molar-refractivity contribution in [2.45, 2.75) is 44.7 Å². The highest BCUT2D eigenvalue weighted by Gasteiger charge is 2.26. The highest BCUT2D eigenvalue weighted by Crippen LogP contribution is 2.18. The molecule has 3 heterocycles. The first kappa shape index (κ1) is 20.4. The Hall–Kier alpha value is -1.92. The molecule has 0 bridgehead atoms. The molecule has 6 heteroatoms. The third-order valence-electron chi connectivity index (χ3n) is 6.80. The lowest BCUT2D eigenvalue weighted by Gasteiger charge is -2.40. The van der Waals surface area contributed by atoms with Gasteiger partial charge in [-0.05, 0) is 50.6 Å². The molecule has 0 N–H and O–H groups in total. The fraction of sp³-hybridized carbons (Fsp3) is 0.652. The smallest absolute Gasteiger partial charge is 0.253 e. The number of hydrogen-bond acceptors (Lipinski definition) is 4. The standard InChI is InChI=1S/C23H34N4O2/c1-24-11-3-2-5-21(24)18-25-13-15-26(16-14-25)23(29)20-9-7-19(8-10-20)17-27-12-4-6-22(27)28/h7-10,21H,2-6,11-18H2,1H3. The van der Waals surface area contributed by atoms with Crippen molar-refractivity contribution in [1.29, 1.82) is 0 Å². The largest absolute Gasteiger partial charge is 0.338 e. The van der Waals surface area contributed by atoms with E-state index < -0.39 is 0 Å². The van der Waals surface area contributed by atoms with Gasteiger partial charge in [0.2, 0.25) is 5.91 Å². The van der Waals surface area contributed by atoms with E-state index in [0.717, 1.165) is 56.8 Å². The van der Waals surface area contributed by atoms with Crippen molar-refractivity contribution in [3.63, 3.8) is 0 Å². The number of carbonyl (C=O) groups is 2. The van der Waals surface area contributed by atoms with Crippen molar-refractivity contribution in [3.05, 3.63) is 35.4 Å². The summed E-state index contributed by atoms with van der Waals surface area (Å²) in [4.78, 5) is 33.6. The average Bonchev–Trinajstić information content (AvgIpc) is 3.15. The Labute approximate surface area is 174 Å². The lowest BCUT2D eigenvalue weighted by atomic mass is 10.0. The van der Waals surface area contributed by atoms with Crippen molar-refractivity contribution in [3.8, 4) is 0 Å². The van der Waals surface area contributed by atoms with Crippen molar-refractivity contribution >= 4 is 11.8 Å². The van der Waals surface area contributed by atoms with Crippen molar-refractivity contribution < 1.29 is 9.59 Å². The Bertz CT molecular complexity index is 712. The van der Waals surface area contributed by atoms with Gasteiger partial charge in [-0.3, -0.25) is 14.5 Å². The Morgan fingerprint density at radius 2 is 1.72 bits per heavy atom. The molecule has 1 unspecified atom stereocenters. The Morgan fingerprint density at radius 3 is 2.38 bits per heavy atom. The van der Waals surface area contributed by atoms with Crippen LogP contribution in [0.4, 0.5) is 0 Å². The molecular weight excluding hydrogens is 364 g/mol. The molecule has 0 spiro atoms. The number of piperidine rings is 1. The maximum absolute atomic E-state index is 12.9. The zero-order valence-corrected chi connectivity index (χ0v) is 17.7. The van der Waals surface area contributed by atoms with Gasteiger partial charge in [-0.25, -0.2) is 0 Å². The summed E-state index contributed by atoms with van der Waals surface area (Å²) >= 11 is 0. The molecular formula is C23H34N4O2. The molecule has 0 radical (unpaired) electrons. The molecule has 3 saturated heterocycles. The van der Waals surface area contributed by atoms with E-state index >= 15 is 0 Å². The first-order valence-corrected chi connectivity index (χ1v) is 11.2. The molecule has 1 aromatic rings. The summed E-state index contributed by atoms with van der Waals surface area (Å²) in [5, 5.41) is 0. The van der Waals surface area contributed by atoms with E-state index in [1.54, 1.807) is 0 Å². The second-order valence-corrected chi connectivity index (χ2v) is 8.84. The fourth-order valence-electron chi connectivity index (χ4n) is 4.83. The first-order valence-electron chi connectivity index (χ1n) is 11.2. The number of amides is 2. The van der Waals surface area contributed by atoms with Crippen LogP contribution in [0.1, 0.15) is 48.0 Å². The van der Waals surface area contributed by atoms with Crippen LogP contribution in [0.5, 0.6) is 0 Å². The third kappa shape index (κ3) is 4.98. The van der Waals surface area contributed by atoms with Gasteiger partial charge in [-0.2, -0.15) is 0 Å². The number of carbonyl (C=O) groups excluding carboxylic acids is 2. The summed E-state index contributed by atoms with van der Waals surface area (Å²) in [6.45, 7) is 7.38. The molecule has 0 aromatic heterocycles. The number of benzene rings is 1. The van der Waals surface area contributed by atoms with Crippen molar-refractivity contribution in [2.75, 3.05) is 52.9 Å². The van der Waals surface area contributed by atoms with E-state index in [0.29, 0.717) is 19.0 Å². The van der Waals surface area contributed by atoms with Crippen LogP contribution in [0, 0.1) is 0 Å². The predicted molar refractivity (Wildman–Crippen MR) is 114 cm³/mol. The monoisotopic (exact) mass is 398 g/mol. The highest BCUT2D eigenvalue weighted by molar-refractivity contribution is 5.94. The van der Waals surface area contributed by atoms with E-state index in [-0.39, 0.29) is 11.8 Å². The van der Waals surface area contributed by atoms with Gasteiger partial charge in [-0.15, -0.1) is 0 Å². The zero-order valence-electron chi connectivity index (χ0n) is 17.7. The maximum Gasteiger partial charge on any atom is 0.253 e. The molecule has 0 aliphatic carbocycles. The second-order valence-electron chi connectivity index (χ2n) is 8.84. The van der Waals surface area contributed by atoms with Crippen molar-refractivity contribution in [1.82, 2.24) is 19.6 Å². The van der Waals surface area contributed by atoms with Gasteiger partial charge in [-0.1, -0.05) is 18.6 Å². The Balaban J connectivity index is 1.26. The summed E-state index contributed by atoms with van der Waals surface area (Å²) in [7, 11) is 2.24. The molecule has 158 valence electrons. The highest BCUT2D eigenvalue weighted by atomic mass is 16.2. The van der Waals surface area contributed by atoms with E-state index in [1.165, 1.54) is 25.8 Å². The molecule has 6 nitrogen and oxygen atoms in total. The topological polar surface area (TPSA) is 47.1 Å². The molecule has 2 amide bonds. The Morgan fingerprint density at radius 1 is 0.966 bits per heavy atom. The summed E-state index contributed by atoms with van der Waals surface area (Å²) in [6.07, 6.45) is 5.58. The molecule has 3 fully saturated rings. The minimum atomic E-state index is 0.128. The van der Waals surface area contributed by atoms with Crippen LogP contribution in [-0.2, 0) is 11.3 Å². The van der Waals surface area contributed by atoms with Gasteiger partial charge in [0.05, 0.1) is 0 Å². The molecule has 0 saturated carbocycles. The van der Waals surface area contributed by atoms with E-state index in [4.69, 9.17) is 0 Å². The summed E-state index contributed by atoms with van der Waals surface area (Å²) in [5.41, 5.74) is 1.85. The molecule has 1 atom stereocenters. The summed E-state index contributed by atoms with van der Waals surface area (Å²) in [6, 6.07) is 8.49. The number of piperazine rings is 1. The van der Waals surface area contributed by atoms with Crippen LogP contribution < -0.4 is 0 Å². The van der Waals surface area contributed by atoms with Crippen LogP contribution in [-0.4, -0.2) is 90.3 Å². The van der Waals surface area contributed by atoms with Gasteiger partial charge in [0.25, 0.3) is 5.91 Å². The quantitative estimate of drug-likeness (QED) is 0.762. The maximum atomic E-state index is 12.9. The predicted octanol–water partition coefficient (Wildman–Crippen LogP) is 2.05. The molecule has 3 aliphatic heterocycles. The van der Waals surface area contributed by atoms with Crippen LogP contribution in [0.15, 0.2) is 24.3 Å². The van der Waals surface area contributed by atoms with Gasteiger partial charge in [0, 0.05) is 63.8 Å². The van der Waals surface area contributed by atoms with Gasteiger partial charge >= 0.3 is 0 Å². The lowest BCUT2D eigenvalue weighted by Crippen LogP contribution is -2.53. The Kier molecular flexibility index (Phi) is 6.50. The normalized spacial score (nSPS) is 24.3. The molecule has 4 rings (SSSR count). The van der Waals surface area contributed by atoms with Gasteiger partial charge in [0.15, 0.2) is 0 Å². The van der Waals surface area contributed by atoms with E-state index in [2.05, 4.69) is 16.8 Å². The molecule has 29 heavy (non-hydrogen) atoms. The summed E-state index contributed by atoms with van der Waals surface area (Å²) in [5.74, 6) is 0.366. The first-order chi connectivity index (χ1) is 14.1. The lowest BCUT2D eigenvalue weighted by molar-refractivity contribution is -0.128. The number of nitrogens with zero attached hydrogens (tertiary/aromatic N) is 4. The SMILES string of the molecule is CN1CCCCC1CN1CCN(C(=O)c2ccc(CN3CCCC3=O)cc2)CC1. The average molecular weight is 399 g/mol. The zero-order chi connectivity index (χ0) is 20.2. The van der Waals surface area contributed by atoms with Crippen LogP contribution in [0.2, 0.25) is 0 Å². The van der Waals surface area contributed by atoms with Crippen molar-refractivity contribution in [2.24, 2.45) is 0 Å². The number of hydrogen-bond donors (Lipinski definition) is 0. The minimum Gasteiger partial charge on any atom is -0.338 e. The molecule has 3 aliphatic rings. The fourth-order valence-corrected chi connectivity index (χ4v) is 4.83. The number of rotatable bonds is 5. The van der Waals surface area contributed by atoms with Crippen LogP contribution in [0.3, 0.4) is 0 Å². The van der Waals surface area contributed by atoms with Crippen LogP contribution in [0.25, 0.3) is 0 Å². The van der Waals surface area contributed by atoms with Gasteiger partial charge in [0.1, 0.15) is 0 Å². The van der Waals surface area contributed by atoms with E-state index in [1.807, 2.05) is 34.1 Å². The molecule has 1 aromatic carbocycles. The van der Waals surface area contributed by atoms with E-state index in [9.17, 15) is 9.59 Å². The number of likely N-dealkylation sites (tertiary alicyclic amines) is 2. The van der Waals surface area contributed by atoms with Crippen LogP contribution >= 0.6 is 0 Å². The summed E-state index contributed by atoms with van der Waals surface area (Å²) < 4.78 is 0. The van der Waals surface area contributed by atoms with Gasteiger partial charge < -0.3 is 14.7 Å². The minimum absolute atomic E-state index is 0.128.